The molecule has 22 heavy (non-hydrogen) atoms. The lowest BCUT2D eigenvalue weighted by Gasteiger charge is -2.14. The van der Waals surface area contributed by atoms with E-state index in [1.54, 1.807) is 18.9 Å². The molecule has 0 N–H and O–H groups in total. The lowest BCUT2D eigenvalue weighted by atomic mass is 10.2. The van der Waals surface area contributed by atoms with Gasteiger partial charge in [0.2, 0.25) is 5.91 Å². The molecule has 0 unspecified atom stereocenters. The summed E-state index contributed by atoms with van der Waals surface area (Å²) < 4.78 is 0. The van der Waals surface area contributed by atoms with Crippen LogP contribution in [0.4, 0.5) is 17.1 Å². The Labute approximate surface area is 131 Å². The van der Waals surface area contributed by atoms with Crippen molar-refractivity contribution in [1.82, 2.24) is 0 Å². The lowest BCUT2D eigenvalue weighted by Crippen LogP contribution is -2.22. The normalized spacial score (nSPS) is 10.7. The summed E-state index contributed by atoms with van der Waals surface area (Å²) in [6, 6.07) is 15.8. The molecule has 0 aliphatic carbocycles. The minimum Gasteiger partial charge on any atom is -0.378 e. The average molecular weight is 295 g/mol. The molecule has 0 aliphatic heterocycles. The van der Waals surface area contributed by atoms with E-state index in [4.69, 9.17) is 0 Å². The van der Waals surface area contributed by atoms with Gasteiger partial charge in [-0.15, -0.1) is 0 Å². The highest BCUT2D eigenvalue weighted by molar-refractivity contribution is 5.91. The molecule has 0 aliphatic rings. The molecule has 0 atom stereocenters. The number of aliphatic imine (C=N–C) groups is 1. The molecule has 0 radical (unpaired) electrons. The molecule has 1 amide bonds. The van der Waals surface area contributed by atoms with Crippen molar-refractivity contribution < 1.29 is 4.79 Å². The fraction of sp³-hybridized carbons (Fsp3) is 0.222. The number of benzene rings is 2. The van der Waals surface area contributed by atoms with Gasteiger partial charge in [0.15, 0.2) is 0 Å². The molecule has 2 aromatic carbocycles. The van der Waals surface area contributed by atoms with Gasteiger partial charge in [0.05, 0.1) is 5.69 Å². The van der Waals surface area contributed by atoms with Crippen molar-refractivity contribution in [2.24, 2.45) is 4.99 Å². The molecule has 0 aromatic heterocycles. The molecule has 2 rings (SSSR count). The fourth-order valence-electron chi connectivity index (χ4n) is 1.95. The topological polar surface area (TPSA) is 35.9 Å². The third-order valence-corrected chi connectivity index (χ3v) is 3.48. The van der Waals surface area contributed by atoms with Gasteiger partial charge in [-0.1, -0.05) is 12.1 Å². The largest absolute Gasteiger partial charge is 0.378 e. The molecule has 0 heterocycles. The number of carbonyl (C=O) groups is 1. The first kappa shape index (κ1) is 15.8. The first-order valence-electron chi connectivity index (χ1n) is 7.13. The molecule has 0 fully saturated rings. The van der Waals surface area contributed by atoms with E-state index in [-0.39, 0.29) is 5.91 Å². The summed E-state index contributed by atoms with van der Waals surface area (Å²) >= 11 is 0. The van der Waals surface area contributed by atoms with Gasteiger partial charge in [-0.2, -0.15) is 0 Å². The molecule has 4 nitrogen and oxygen atoms in total. The number of carbonyl (C=O) groups excluding carboxylic acids is 1. The van der Waals surface area contributed by atoms with E-state index < -0.39 is 0 Å². The third kappa shape index (κ3) is 3.95. The zero-order valence-electron chi connectivity index (χ0n) is 13.4. The van der Waals surface area contributed by atoms with Crippen molar-refractivity contribution in [3.05, 3.63) is 54.1 Å². The third-order valence-electron chi connectivity index (χ3n) is 3.48. The number of nitrogens with zero attached hydrogens (tertiary/aromatic N) is 3. The van der Waals surface area contributed by atoms with Crippen LogP contribution in [0.5, 0.6) is 0 Å². The van der Waals surface area contributed by atoms with Crippen LogP contribution < -0.4 is 9.80 Å². The average Bonchev–Trinajstić information content (AvgIpc) is 2.53. The predicted molar refractivity (Wildman–Crippen MR) is 93.5 cm³/mol. The highest BCUT2D eigenvalue weighted by Gasteiger charge is 2.04. The van der Waals surface area contributed by atoms with Gasteiger partial charge < -0.3 is 9.80 Å². The SMILES string of the molecule is CC(=O)N(C)c1ccc(N=Cc2ccc(N(C)C)cc2)cc1. The molecular weight excluding hydrogens is 274 g/mol. The van der Waals surface area contributed by atoms with E-state index in [1.165, 1.54) is 0 Å². The van der Waals surface area contributed by atoms with Gasteiger partial charge in [0.25, 0.3) is 0 Å². The molecule has 4 heteroatoms. The number of anilines is 2. The fourth-order valence-corrected chi connectivity index (χ4v) is 1.95. The van der Waals surface area contributed by atoms with E-state index in [9.17, 15) is 4.79 Å². The van der Waals surface area contributed by atoms with Crippen molar-refractivity contribution in [3.63, 3.8) is 0 Å². The number of hydrogen-bond acceptors (Lipinski definition) is 3. The van der Waals surface area contributed by atoms with E-state index in [0.29, 0.717) is 0 Å². The zero-order valence-corrected chi connectivity index (χ0v) is 13.4. The van der Waals surface area contributed by atoms with Crippen LogP contribution in [0, 0.1) is 0 Å². The minimum atomic E-state index is 0.0113. The van der Waals surface area contributed by atoms with Crippen LogP contribution in [-0.4, -0.2) is 33.3 Å². The van der Waals surface area contributed by atoms with Crippen LogP contribution in [-0.2, 0) is 4.79 Å². The maximum absolute atomic E-state index is 11.3. The minimum absolute atomic E-state index is 0.0113. The molecule has 0 bridgehead atoms. The number of hydrogen-bond donors (Lipinski definition) is 0. The van der Waals surface area contributed by atoms with Crippen LogP contribution >= 0.6 is 0 Å². The molecule has 2 aromatic rings. The van der Waals surface area contributed by atoms with Gasteiger partial charge in [0.1, 0.15) is 0 Å². The molecule has 114 valence electrons. The van der Waals surface area contributed by atoms with Gasteiger partial charge in [0, 0.05) is 45.7 Å². The summed E-state index contributed by atoms with van der Waals surface area (Å²) in [5, 5.41) is 0. The predicted octanol–water partition coefficient (Wildman–Crippen LogP) is 3.49. The summed E-state index contributed by atoms with van der Waals surface area (Å²) in [6.07, 6.45) is 1.84. The van der Waals surface area contributed by atoms with Crippen molar-refractivity contribution in [3.8, 4) is 0 Å². The van der Waals surface area contributed by atoms with Crippen molar-refractivity contribution >= 4 is 29.2 Å². The Kier molecular flexibility index (Phi) is 4.94. The van der Waals surface area contributed by atoms with Gasteiger partial charge in [-0.25, -0.2) is 0 Å². The Morgan fingerprint density at radius 2 is 1.45 bits per heavy atom. The second-order valence-corrected chi connectivity index (χ2v) is 5.34. The van der Waals surface area contributed by atoms with Crippen LogP contribution in [0.2, 0.25) is 0 Å². The van der Waals surface area contributed by atoms with Crippen molar-refractivity contribution in [2.45, 2.75) is 6.92 Å². The number of rotatable bonds is 4. The lowest BCUT2D eigenvalue weighted by molar-refractivity contribution is -0.116. The Bertz CT molecular complexity index is 658. The quantitative estimate of drug-likeness (QED) is 0.810. The molecule has 0 spiro atoms. The standard InChI is InChI=1S/C18H21N3O/c1-14(22)21(4)18-11-7-16(8-12-18)19-13-15-5-9-17(10-6-15)20(2)3/h5-13H,1-4H3. The molecule has 0 saturated heterocycles. The monoisotopic (exact) mass is 295 g/mol. The second-order valence-electron chi connectivity index (χ2n) is 5.34. The summed E-state index contributed by atoms with van der Waals surface area (Å²) in [4.78, 5) is 19.4. The zero-order chi connectivity index (χ0) is 16.1. The molecular formula is C18H21N3O. The Balaban J connectivity index is 2.08. The van der Waals surface area contributed by atoms with E-state index in [1.807, 2.05) is 56.7 Å². The summed E-state index contributed by atoms with van der Waals surface area (Å²) in [7, 11) is 5.79. The van der Waals surface area contributed by atoms with E-state index >= 15 is 0 Å². The molecule has 0 saturated carbocycles. The Hall–Kier alpha value is -2.62. The van der Waals surface area contributed by atoms with E-state index in [2.05, 4.69) is 22.0 Å². The maximum Gasteiger partial charge on any atom is 0.223 e. The van der Waals surface area contributed by atoms with Crippen molar-refractivity contribution in [1.29, 1.82) is 0 Å². The summed E-state index contributed by atoms with van der Waals surface area (Å²) in [5.74, 6) is 0.0113. The van der Waals surface area contributed by atoms with Crippen LogP contribution in [0.15, 0.2) is 53.5 Å². The second kappa shape index (κ2) is 6.89. The van der Waals surface area contributed by atoms with E-state index in [0.717, 1.165) is 22.6 Å². The van der Waals surface area contributed by atoms with Gasteiger partial charge in [-0.05, 0) is 42.0 Å². The van der Waals surface area contributed by atoms with Gasteiger partial charge >= 0.3 is 0 Å². The smallest absolute Gasteiger partial charge is 0.223 e. The Morgan fingerprint density at radius 3 is 1.95 bits per heavy atom. The van der Waals surface area contributed by atoms with Crippen LogP contribution in [0.25, 0.3) is 0 Å². The van der Waals surface area contributed by atoms with Gasteiger partial charge in [-0.3, -0.25) is 9.79 Å². The van der Waals surface area contributed by atoms with Crippen LogP contribution in [0.3, 0.4) is 0 Å². The highest BCUT2D eigenvalue weighted by Crippen LogP contribution is 2.19. The Morgan fingerprint density at radius 1 is 0.909 bits per heavy atom. The maximum atomic E-state index is 11.3. The summed E-state index contributed by atoms with van der Waals surface area (Å²) in [6.45, 7) is 1.55. The van der Waals surface area contributed by atoms with Crippen LogP contribution in [0.1, 0.15) is 12.5 Å². The number of amides is 1. The van der Waals surface area contributed by atoms with Crippen molar-refractivity contribution in [2.75, 3.05) is 30.9 Å². The first-order valence-corrected chi connectivity index (χ1v) is 7.13. The first-order chi connectivity index (χ1) is 10.5. The highest BCUT2D eigenvalue weighted by atomic mass is 16.2. The summed E-state index contributed by atoms with van der Waals surface area (Å²) in [5.41, 5.74) is 3.93.